The van der Waals surface area contributed by atoms with Gasteiger partial charge in [-0.2, -0.15) is 0 Å². The molecule has 0 saturated carbocycles. The maximum absolute atomic E-state index is 13.6. The van der Waals surface area contributed by atoms with Crippen LogP contribution in [-0.2, 0) is 11.2 Å². The summed E-state index contributed by atoms with van der Waals surface area (Å²) in [6, 6.07) is 10.1. The molecule has 0 aliphatic carbocycles. The number of carbonyl (C=O) groups is 1. The summed E-state index contributed by atoms with van der Waals surface area (Å²) in [5.74, 6) is -0.679. The van der Waals surface area contributed by atoms with Crippen LogP contribution < -0.4 is 5.32 Å². The van der Waals surface area contributed by atoms with Crippen molar-refractivity contribution >= 4 is 34.3 Å². The van der Waals surface area contributed by atoms with Gasteiger partial charge in [-0.15, -0.1) is 22.7 Å². The van der Waals surface area contributed by atoms with Crippen molar-refractivity contribution in [2.45, 2.75) is 13.3 Å². The van der Waals surface area contributed by atoms with Crippen molar-refractivity contribution in [3.05, 3.63) is 57.5 Å². The fourth-order valence-corrected chi connectivity index (χ4v) is 3.85. The maximum Gasteiger partial charge on any atom is 0.229 e. The van der Waals surface area contributed by atoms with Crippen LogP contribution in [0.15, 0.2) is 41.8 Å². The number of rotatable bonds is 4. The van der Waals surface area contributed by atoms with Crippen LogP contribution in [0, 0.1) is 12.7 Å². The molecule has 3 nitrogen and oxygen atoms in total. The monoisotopic (exact) mass is 332 g/mol. The van der Waals surface area contributed by atoms with Crippen LogP contribution >= 0.6 is 22.7 Å². The second-order valence-electron chi connectivity index (χ2n) is 4.69. The molecule has 2 heterocycles. The van der Waals surface area contributed by atoms with Gasteiger partial charge in [-0.05, 0) is 30.5 Å². The minimum absolute atomic E-state index is 0.188. The Bertz CT molecular complexity index is 796. The van der Waals surface area contributed by atoms with E-state index in [-0.39, 0.29) is 18.0 Å². The normalized spacial score (nSPS) is 10.6. The molecule has 112 valence electrons. The number of carbonyl (C=O) groups excluding carboxylic acids is 1. The molecular formula is C16H13FN2OS2. The Hall–Kier alpha value is -2.05. The van der Waals surface area contributed by atoms with Crippen molar-refractivity contribution in [2.75, 3.05) is 5.32 Å². The highest BCUT2D eigenvalue weighted by molar-refractivity contribution is 7.15. The van der Waals surface area contributed by atoms with E-state index in [9.17, 15) is 9.18 Å². The van der Waals surface area contributed by atoms with Gasteiger partial charge in [-0.1, -0.05) is 18.2 Å². The van der Waals surface area contributed by atoms with Crippen LogP contribution in [0.1, 0.15) is 9.88 Å². The molecule has 0 aliphatic rings. The molecule has 1 N–H and O–H groups in total. The lowest BCUT2D eigenvalue weighted by atomic mass is 10.2. The van der Waals surface area contributed by atoms with E-state index < -0.39 is 5.82 Å². The van der Waals surface area contributed by atoms with E-state index in [1.165, 1.54) is 17.4 Å². The Morgan fingerprint density at radius 2 is 2.09 bits per heavy atom. The van der Waals surface area contributed by atoms with E-state index in [1.54, 1.807) is 29.5 Å². The molecular weight excluding hydrogens is 319 g/mol. The predicted molar refractivity (Wildman–Crippen MR) is 88.9 cm³/mol. The van der Waals surface area contributed by atoms with Crippen LogP contribution in [0.2, 0.25) is 0 Å². The molecule has 2 aromatic heterocycles. The van der Waals surface area contributed by atoms with Gasteiger partial charge in [0.05, 0.1) is 27.7 Å². The molecule has 0 spiro atoms. The number of amides is 1. The number of aryl methyl sites for hydroxylation is 1. The van der Waals surface area contributed by atoms with E-state index in [1.807, 2.05) is 24.4 Å². The van der Waals surface area contributed by atoms with Crippen LogP contribution in [0.3, 0.4) is 0 Å². The Kier molecular flexibility index (Phi) is 4.31. The fraction of sp³-hybridized carbons (Fsp3) is 0.125. The summed E-state index contributed by atoms with van der Waals surface area (Å²) in [6.07, 6.45) is 0.188. The number of halogens is 1. The van der Waals surface area contributed by atoms with E-state index in [0.717, 1.165) is 20.5 Å². The summed E-state index contributed by atoms with van der Waals surface area (Å²) >= 11 is 3.09. The highest BCUT2D eigenvalue weighted by Crippen LogP contribution is 2.31. The molecule has 0 aliphatic heterocycles. The number of benzene rings is 1. The SMILES string of the molecule is Cc1nc(-c2cccs2)c(CC(=O)Nc2ccccc2F)s1. The minimum atomic E-state index is -0.435. The average Bonchev–Trinajstić information content (AvgIpc) is 3.11. The topological polar surface area (TPSA) is 42.0 Å². The van der Waals surface area contributed by atoms with Crippen molar-refractivity contribution < 1.29 is 9.18 Å². The zero-order valence-electron chi connectivity index (χ0n) is 11.8. The van der Waals surface area contributed by atoms with Gasteiger partial charge >= 0.3 is 0 Å². The number of thiazole rings is 1. The molecule has 22 heavy (non-hydrogen) atoms. The van der Waals surface area contributed by atoms with E-state index in [4.69, 9.17) is 0 Å². The lowest BCUT2D eigenvalue weighted by Crippen LogP contribution is -2.15. The predicted octanol–water partition coefficient (Wildman–Crippen LogP) is 4.50. The molecule has 0 unspecified atom stereocenters. The minimum Gasteiger partial charge on any atom is -0.323 e. The van der Waals surface area contributed by atoms with E-state index in [2.05, 4.69) is 10.3 Å². The van der Waals surface area contributed by atoms with Gasteiger partial charge in [0, 0.05) is 4.88 Å². The van der Waals surface area contributed by atoms with Crippen LogP contribution in [0.5, 0.6) is 0 Å². The third-order valence-electron chi connectivity index (χ3n) is 3.03. The van der Waals surface area contributed by atoms with Crippen LogP contribution in [0.25, 0.3) is 10.6 Å². The molecule has 0 saturated heterocycles. The Morgan fingerprint density at radius 3 is 2.82 bits per heavy atom. The second kappa shape index (κ2) is 6.37. The van der Waals surface area contributed by atoms with Crippen molar-refractivity contribution in [3.8, 4) is 10.6 Å². The Balaban J connectivity index is 1.79. The van der Waals surface area contributed by atoms with Gasteiger partial charge in [0.15, 0.2) is 0 Å². The van der Waals surface area contributed by atoms with Gasteiger partial charge < -0.3 is 5.32 Å². The lowest BCUT2D eigenvalue weighted by Gasteiger charge is -2.05. The summed E-state index contributed by atoms with van der Waals surface area (Å²) in [6.45, 7) is 1.92. The quantitative estimate of drug-likeness (QED) is 0.764. The highest BCUT2D eigenvalue weighted by Gasteiger charge is 2.16. The smallest absolute Gasteiger partial charge is 0.229 e. The second-order valence-corrected chi connectivity index (χ2v) is 6.92. The molecule has 0 fully saturated rings. The molecule has 1 amide bonds. The van der Waals surface area contributed by atoms with Crippen molar-refractivity contribution in [1.82, 2.24) is 4.98 Å². The number of para-hydroxylation sites is 1. The maximum atomic E-state index is 13.6. The summed E-state index contributed by atoms with van der Waals surface area (Å²) in [7, 11) is 0. The van der Waals surface area contributed by atoms with Gasteiger partial charge in [-0.25, -0.2) is 9.37 Å². The van der Waals surface area contributed by atoms with Crippen molar-refractivity contribution in [2.24, 2.45) is 0 Å². The zero-order valence-corrected chi connectivity index (χ0v) is 13.4. The largest absolute Gasteiger partial charge is 0.323 e. The van der Waals surface area contributed by atoms with Crippen molar-refractivity contribution in [3.63, 3.8) is 0 Å². The third-order valence-corrected chi connectivity index (χ3v) is 4.88. The summed E-state index contributed by atoms with van der Waals surface area (Å²) in [5, 5.41) is 5.50. The zero-order chi connectivity index (χ0) is 15.5. The standard InChI is InChI=1S/C16H13FN2OS2/c1-10-18-16(13-7-4-8-21-13)14(22-10)9-15(20)19-12-6-3-2-5-11(12)17/h2-8H,9H2,1H3,(H,19,20). The van der Waals surface area contributed by atoms with Gasteiger partial charge in [0.1, 0.15) is 5.82 Å². The Morgan fingerprint density at radius 1 is 1.27 bits per heavy atom. The van der Waals surface area contributed by atoms with Gasteiger partial charge in [0.2, 0.25) is 5.91 Å². The number of hydrogen-bond acceptors (Lipinski definition) is 4. The molecule has 0 bridgehead atoms. The number of anilines is 1. The molecule has 3 rings (SSSR count). The van der Waals surface area contributed by atoms with E-state index in [0.29, 0.717) is 0 Å². The number of nitrogens with one attached hydrogen (secondary N) is 1. The molecule has 0 atom stereocenters. The fourth-order valence-electron chi connectivity index (χ4n) is 2.10. The van der Waals surface area contributed by atoms with Crippen molar-refractivity contribution in [1.29, 1.82) is 0 Å². The average molecular weight is 332 g/mol. The number of hydrogen-bond donors (Lipinski definition) is 1. The molecule has 6 heteroatoms. The number of nitrogens with zero attached hydrogens (tertiary/aromatic N) is 1. The first-order valence-electron chi connectivity index (χ1n) is 6.68. The van der Waals surface area contributed by atoms with Crippen LogP contribution in [-0.4, -0.2) is 10.9 Å². The first-order valence-corrected chi connectivity index (χ1v) is 8.37. The molecule has 3 aromatic rings. The number of aromatic nitrogens is 1. The number of thiophene rings is 1. The van der Waals surface area contributed by atoms with Gasteiger partial charge in [0.25, 0.3) is 0 Å². The summed E-state index contributed by atoms with van der Waals surface area (Å²) in [5.41, 5.74) is 1.05. The Labute approximate surface area is 135 Å². The lowest BCUT2D eigenvalue weighted by molar-refractivity contribution is -0.115. The first-order chi connectivity index (χ1) is 10.6. The molecule has 0 radical (unpaired) electrons. The first kappa shape index (κ1) is 14.9. The summed E-state index contributed by atoms with van der Waals surface area (Å²) in [4.78, 5) is 18.6. The molecule has 1 aromatic carbocycles. The highest BCUT2D eigenvalue weighted by atomic mass is 32.1. The van der Waals surface area contributed by atoms with Crippen LogP contribution in [0.4, 0.5) is 10.1 Å². The van der Waals surface area contributed by atoms with E-state index >= 15 is 0 Å². The third kappa shape index (κ3) is 3.23. The summed E-state index contributed by atoms with van der Waals surface area (Å²) < 4.78 is 13.6. The van der Waals surface area contributed by atoms with Gasteiger partial charge in [-0.3, -0.25) is 4.79 Å².